The molecule has 1 saturated heterocycles. The molecule has 0 unspecified atom stereocenters. The van der Waals surface area contributed by atoms with Gasteiger partial charge in [0.2, 0.25) is 0 Å². The molecule has 0 spiro atoms. The third-order valence-electron chi connectivity index (χ3n) is 5.78. The number of hydrogen-bond acceptors (Lipinski definition) is 10. The third kappa shape index (κ3) is 5.44. The first-order valence-electron chi connectivity index (χ1n) is 11.1. The molecular formula is C23H29N7O3S. The van der Waals surface area contributed by atoms with Crippen LogP contribution in [0, 0.1) is 20.8 Å². The molecule has 1 fully saturated rings. The number of β-amino-alcohol motifs (C(OH)–C–C–N with tert-alkyl or cyclic N) is 1. The average molecular weight is 484 g/mol. The van der Waals surface area contributed by atoms with E-state index in [1.165, 1.54) is 17.5 Å². The number of aromatic hydroxyl groups is 1. The normalized spacial score (nSPS) is 14.3. The van der Waals surface area contributed by atoms with E-state index in [0.717, 1.165) is 37.6 Å². The number of amides is 1. The molecule has 0 bridgehead atoms. The maximum atomic E-state index is 12.8. The summed E-state index contributed by atoms with van der Waals surface area (Å²) in [6.07, 6.45) is 1.52. The Bertz CT molecular complexity index is 1180. The van der Waals surface area contributed by atoms with Gasteiger partial charge < -0.3 is 25.7 Å². The number of benzene rings is 1. The fraction of sp³-hybridized carbons (Fsp3) is 0.391. The number of phenolic OH excluding ortho intramolecular Hbond substituents is 1. The first kappa shape index (κ1) is 23.9. The van der Waals surface area contributed by atoms with Crippen LogP contribution >= 0.6 is 11.3 Å². The Balaban J connectivity index is 1.44. The maximum Gasteiger partial charge on any atom is 0.267 e. The standard InChI is InChI=1S/C23H29N7O3S/c1-14-4-5-17(32)15(2)21(14)28-22(33)18-13-24-23(34-18)27-19-12-20(26-16(3)25-19)30-8-6-29(7-9-30)10-11-31/h4-5,12-13,31-32H,6-11H2,1-3H3,(H,28,33)(H,24,25,26,27). The van der Waals surface area contributed by atoms with Crippen molar-refractivity contribution in [3.8, 4) is 5.75 Å². The Kier molecular flexibility index (Phi) is 7.25. The number of rotatable bonds is 7. The Morgan fingerprint density at radius 1 is 1.15 bits per heavy atom. The largest absolute Gasteiger partial charge is 0.508 e. The van der Waals surface area contributed by atoms with Gasteiger partial charge in [0.1, 0.15) is 28.1 Å². The van der Waals surface area contributed by atoms with Gasteiger partial charge in [0.15, 0.2) is 5.13 Å². The molecule has 1 aromatic carbocycles. The van der Waals surface area contributed by atoms with Crippen LogP contribution in [0.2, 0.25) is 0 Å². The molecule has 1 amide bonds. The van der Waals surface area contributed by atoms with Crippen molar-refractivity contribution in [2.45, 2.75) is 20.8 Å². The summed E-state index contributed by atoms with van der Waals surface area (Å²) >= 11 is 1.22. The predicted molar refractivity (Wildman–Crippen MR) is 133 cm³/mol. The number of nitrogens with zero attached hydrogens (tertiary/aromatic N) is 5. The van der Waals surface area contributed by atoms with Gasteiger partial charge in [-0.25, -0.2) is 15.0 Å². The lowest BCUT2D eigenvalue weighted by atomic mass is 10.1. The molecule has 1 aliphatic heterocycles. The Labute approximate surface area is 202 Å². The highest BCUT2D eigenvalue weighted by molar-refractivity contribution is 7.17. The van der Waals surface area contributed by atoms with Crippen molar-refractivity contribution in [3.63, 3.8) is 0 Å². The lowest BCUT2D eigenvalue weighted by Crippen LogP contribution is -2.47. The number of piperazine rings is 1. The lowest BCUT2D eigenvalue weighted by molar-refractivity contribution is 0.103. The number of hydrogen-bond donors (Lipinski definition) is 4. The van der Waals surface area contributed by atoms with Crippen LogP contribution in [0.25, 0.3) is 0 Å². The van der Waals surface area contributed by atoms with E-state index in [2.05, 4.69) is 35.4 Å². The molecule has 0 saturated carbocycles. The van der Waals surface area contributed by atoms with Crippen LogP contribution in [-0.4, -0.2) is 75.3 Å². The maximum absolute atomic E-state index is 12.8. The van der Waals surface area contributed by atoms with Gasteiger partial charge in [-0.2, -0.15) is 0 Å². The first-order valence-corrected chi connectivity index (χ1v) is 11.9. The fourth-order valence-electron chi connectivity index (χ4n) is 3.87. The van der Waals surface area contributed by atoms with Crippen LogP contribution in [0.3, 0.4) is 0 Å². The van der Waals surface area contributed by atoms with E-state index in [-0.39, 0.29) is 18.3 Å². The summed E-state index contributed by atoms with van der Waals surface area (Å²) in [5.41, 5.74) is 2.09. The van der Waals surface area contributed by atoms with Crippen molar-refractivity contribution in [1.82, 2.24) is 19.9 Å². The van der Waals surface area contributed by atoms with Gasteiger partial charge in [0, 0.05) is 44.4 Å². The molecule has 0 aliphatic carbocycles. The zero-order valence-corrected chi connectivity index (χ0v) is 20.3. The molecule has 1 aliphatic rings. The number of nitrogens with one attached hydrogen (secondary N) is 2. The van der Waals surface area contributed by atoms with Crippen LogP contribution in [0.4, 0.5) is 22.5 Å². The third-order valence-corrected chi connectivity index (χ3v) is 6.70. The van der Waals surface area contributed by atoms with Crippen LogP contribution < -0.4 is 15.5 Å². The van der Waals surface area contributed by atoms with E-state index < -0.39 is 0 Å². The van der Waals surface area contributed by atoms with Crippen molar-refractivity contribution < 1.29 is 15.0 Å². The van der Waals surface area contributed by atoms with Gasteiger partial charge in [0.05, 0.1) is 18.5 Å². The van der Waals surface area contributed by atoms with Crippen LogP contribution in [0.5, 0.6) is 5.75 Å². The molecule has 3 aromatic rings. The van der Waals surface area contributed by atoms with Crippen molar-refractivity contribution in [1.29, 1.82) is 0 Å². The van der Waals surface area contributed by atoms with Gasteiger partial charge in [-0.3, -0.25) is 9.69 Å². The SMILES string of the molecule is Cc1nc(Nc2ncc(C(=O)Nc3c(C)ccc(O)c3C)s2)cc(N2CCN(CCO)CC2)n1. The van der Waals surface area contributed by atoms with E-state index >= 15 is 0 Å². The Hall–Kier alpha value is -3.28. The summed E-state index contributed by atoms with van der Waals surface area (Å²) < 4.78 is 0. The number of aliphatic hydroxyl groups is 1. The number of carbonyl (C=O) groups is 1. The van der Waals surface area contributed by atoms with Crippen LogP contribution in [0.1, 0.15) is 26.6 Å². The van der Waals surface area contributed by atoms with Crippen molar-refractivity contribution in [2.24, 2.45) is 0 Å². The quantitative estimate of drug-likeness (QED) is 0.401. The lowest BCUT2D eigenvalue weighted by Gasteiger charge is -2.35. The average Bonchev–Trinajstić information content (AvgIpc) is 3.28. The molecule has 3 heterocycles. The molecule has 0 radical (unpaired) electrons. The molecule has 11 heteroatoms. The summed E-state index contributed by atoms with van der Waals surface area (Å²) in [6.45, 7) is 9.73. The van der Waals surface area contributed by atoms with Gasteiger partial charge in [-0.15, -0.1) is 0 Å². The van der Waals surface area contributed by atoms with E-state index in [1.54, 1.807) is 19.1 Å². The van der Waals surface area contributed by atoms with Crippen molar-refractivity contribution in [2.75, 3.05) is 54.9 Å². The van der Waals surface area contributed by atoms with Gasteiger partial charge in [-0.1, -0.05) is 17.4 Å². The van der Waals surface area contributed by atoms with Crippen molar-refractivity contribution in [3.05, 3.63) is 46.2 Å². The highest BCUT2D eigenvalue weighted by Crippen LogP contribution is 2.30. The summed E-state index contributed by atoms with van der Waals surface area (Å²) in [5, 5.41) is 25.7. The molecule has 4 rings (SSSR count). The summed E-state index contributed by atoms with van der Waals surface area (Å²) in [4.78, 5) is 31.0. The van der Waals surface area contributed by atoms with E-state index in [0.29, 0.717) is 39.4 Å². The molecular weight excluding hydrogens is 454 g/mol. The Morgan fingerprint density at radius 3 is 2.65 bits per heavy atom. The monoisotopic (exact) mass is 483 g/mol. The number of aryl methyl sites for hydroxylation is 2. The highest BCUT2D eigenvalue weighted by Gasteiger charge is 2.19. The number of carbonyl (C=O) groups excluding carboxylic acids is 1. The number of thiazole rings is 1. The van der Waals surface area contributed by atoms with E-state index in [9.17, 15) is 9.90 Å². The van der Waals surface area contributed by atoms with Gasteiger partial charge in [-0.05, 0) is 32.4 Å². The second-order valence-corrected chi connectivity index (χ2v) is 9.25. The number of phenols is 1. The minimum atomic E-state index is -0.289. The molecule has 2 aromatic heterocycles. The summed E-state index contributed by atoms with van der Waals surface area (Å²) in [6, 6.07) is 5.26. The van der Waals surface area contributed by atoms with Gasteiger partial charge in [0.25, 0.3) is 5.91 Å². The second kappa shape index (κ2) is 10.3. The summed E-state index contributed by atoms with van der Waals surface area (Å²) in [5.74, 6) is 1.94. The number of aromatic nitrogens is 3. The second-order valence-electron chi connectivity index (χ2n) is 8.22. The minimum Gasteiger partial charge on any atom is -0.508 e. The van der Waals surface area contributed by atoms with Crippen molar-refractivity contribution >= 4 is 39.7 Å². The van der Waals surface area contributed by atoms with E-state index in [1.807, 2.05) is 19.9 Å². The first-order chi connectivity index (χ1) is 16.3. The Morgan fingerprint density at radius 2 is 1.91 bits per heavy atom. The topological polar surface area (TPSA) is 127 Å². The zero-order valence-electron chi connectivity index (χ0n) is 19.5. The zero-order chi connectivity index (χ0) is 24.2. The van der Waals surface area contributed by atoms with Crippen LogP contribution in [-0.2, 0) is 0 Å². The number of anilines is 4. The molecule has 34 heavy (non-hydrogen) atoms. The smallest absolute Gasteiger partial charge is 0.267 e. The fourth-order valence-corrected chi connectivity index (χ4v) is 4.59. The van der Waals surface area contributed by atoms with Crippen LogP contribution in [0.15, 0.2) is 24.4 Å². The molecule has 10 nitrogen and oxygen atoms in total. The molecule has 180 valence electrons. The molecule has 4 N–H and O–H groups in total. The summed E-state index contributed by atoms with van der Waals surface area (Å²) in [7, 11) is 0. The number of aliphatic hydroxyl groups excluding tert-OH is 1. The van der Waals surface area contributed by atoms with Gasteiger partial charge >= 0.3 is 0 Å². The highest BCUT2D eigenvalue weighted by atomic mass is 32.1. The van der Waals surface area contributed by atoms with E-state index in [4.69, 9.17) is 5.11 Å². The minimum absolute atomic E-state index is 0.136. The predicted octanol–water partition coefficient (Wildman–Crippen LogP) is 2.67. The molecule has 0 atom stereocenters.